The molecule has 7 nitrogen and oxygen atoms in total. The average molecular weight is 386 g/mol. The van der Waals surface area contributed by atoms with Crippen molar-refractivity contribution >= 4 is 24.2 Å². The van der Waals surface area contributed by atoms with Crippen molar-refractivity contribution < 1.29 is 19.1 Å². The quantitative estimate of drug-likeness (QED) is 0.742. The fourth-order valence-corrected chi connectivity index (χ4v) is 2.77. The lowest BCUT2D eigenvalue weighted by Gasteiger charge is -2.24. The molecule has 8 heteroatoms. The lowest BCUT2D eigenvalue weighted by molar-refractivity contribution is -0.123. The number of nitrogens with zero attached hydrogens (tertiary/aromatic N) is 1. The smallest absolute Gasteiger partial charge is 0.258 e. The number of halogens is 1. The second-order valence-electron chi connectivity index (χ2n) is 6.44. The topological polar surface area (TPSA) is 79.9 Å². The minimum absolute atomic E-state index is 0. The van der Waals surface area contributed by atoms with Crippen molar-refractivity contribution in [3.8, 4) is 11.5 Å². The van der Waals surface area contributed by atoms with Crippen LogP contribution in [0, 0.1) is 0 Å². The van der Waals surface area contributed by atoms with Crippen LogP contribution in [0.25, 0.3) is 0 Å². The molecule has 1 aliphatic rings. The molecule has 1 unspecified atom stereocenters. The number of rotatable bonds is 7. The first-order chi connectivity index (χ1) is 11.9. The summed E-state index contributed by atoms with van der Waals surface area (Å²) in [4.78, 5) is 26.1. The third kappa shape index (κ3) is 5.78. The molecule has 2 amide bonds. The molecule has 1 heterocycles. The SMILES string of the molecule is COc1cc(C(=O)N(C)C2CCNC2)ccc1OCC(=O)NC(C)C.Cl. The summed E-state index contributed by atoms with van der Waals surface area (Å²) in [5.74, 6) is 0.603. The van der Waals surface area contributed by atoms with Gasteiger partial charge < -0.3 is 25.0 Å². The third-order valence-corrected chi connectivity index (χ3v) is 4.12. The molecule has 0 aliphatic carbocycles. The Kier molecular flexibility index (Phi) is 8.68. The predicted octanol–water partition coefficient (Wildman–Crippen LogP) is 1.45. The summed E-state index contributed by atoms with van der Waals surface area (Å²) in [6.45, 7) is 5.41. The zero-order valence-electron chi connectivity index (χ0n) is 15.7. The Balaban J connectivity index is 0.00000338. The van der Waals surface area contributed by atoms with Crippen LogP contribution in [0.1, 0.15) is 30.6 Å². The minimum Gasteiger partial charge on any atom is -0.493 e. The van der Waals surface area contributed by atoms with Gasteiger partial charge in [-0.25, -0.2) is 0 Å². The van der Waals surface area contributed by atoms with Crippen LogP contribution in [-0.2, 0) is 4.79 Å². The normalized spacial score (nSPS) is 16.0. The van der Waals surface area contributed by atoms with Gasteiger partial charge in [-0.3, -0.25) is 9.59 Å². The molecule has 26 heavy (non-hydrogen) atoms. The second kappa shape index (κ2) is 10.2. The van der Waals surface area contributed by atoms with E-state index in [1.165, 1.54) is 7.11 Å². The largest absolute Gasteiger partial charge is 0.493 e. The van der Waals surface area contributed by atoms with Gasteiger partial charge in [0.2, 0.25) is 0 Å². The number of hydrogen-bond donors (Lipinski definition) is 2. The Hall–Kier alpha value is -1.99. The van der Waals surface area contributed by atoms with E-state index in [9.17, 15) is 9.59 Å². The van der Waals surface area contributed by atoms with Crippen LogP contribution in [-0.4, -0.2) is 62.7 Å². The van der Waals surface area contributed by atoms with Crippen molar-refractivity contribution in [3.05, 3.63) is 23.8 Å². The highest BCUT2D eigenvalue weighted by Crippen LogP contribution is 2.28. The molecule has 0 spiro atoms. The summed E-state index contributed by atoms with van der Waals surface area (Å²) in [7, 11) is 3.32. The van der Waals surface area contributed by atoms with Crippen LogP contribution in [0.3, 0.4) is 0 Å². The van der Waals surface area contributed by atoms with Crippen LogP contribution in [0.4, 0.5) is 0 Å². The summed E-state index contributed by atoms with van der Waals surface area (Å²) in [5, 5.41) is 6.01. The summed E-state index contributed by atoms with van der Waals surface area (Å²) in [6.07, 6.45) is 0.950. The molecular formula is C18H28ClN3O4. The molecule has 2 N–H and O–H groups in total. The molecule has 1 atom stereocenters. The average Bonchev–Trinajstić information content (AvgIpc) is 3.12. The standard InChI is InChI=1S/C18H27N3O4.ClH/c1-12(2)20-17(22)11-25-15-6-5-13(9-16(15)24-4)18(23)21(3)14-7-8-19-10-14;/h5-6,9,12,14,19H,7-8,10-11H2,1-4H3,(H,20,22);1H. The number of nitrogens with one attached hydrogen (secondary N) is 2. The van der Waals surface area contributed by atoms with Crippen LogP contribution in [0.2, 0.25) is 0 Å². The Labute approximate surface area is 160 Å². The zero-order chi connectivity index (χ0) is 18.4. The lowest BCUT2D eigenvalue weighted by Crippen LogP contribution is -2.38. The van der Waals surface area contributed by atoms with Crippen LogP contribution < -0.4 is 20.1 Å². The van der Waals surface area contributed by atoms with Gasteiger partial charge in [0, 0.05) is 31.2 Å². The number of methoxy groups -OCH3 is 1. The molecule has 2 rings (SSSR count). The van der Waals surface area contributed by atoms with Crippen LogP contribution in [0.5, 0.6) is 11.5 Å². The summed E-state index contributed by atoms with van der Waals surface area (Å²) < 4.78 is 10.8. The van der Waals surface area contributed by atoms with Gasteiger partial charge in [-0.15, -0.1) is 12.4 Å². The van der Waals surface area contributed by atoms with Crippen molar-refractivity contribution in [2.45, 2.75) is 32.4 Å². The van der Waals surface area contributed by atoms with Gasteiger partial charge in [-0.2, -0.15) is 0 Å². The molecular weight excluding hydrogens is 358 g/mol. The summed E-state index contributed by atoms with van der Waals surface area (Å²) in [5.41, 5.74) is 0.533. The van der Waals surface area contributed by atoms with Crippen molar-refractivity contribution in [3.63, 3.8) is 0 Å². The molecule has 0 saturated carbocycles. The fourth-order valence-electron chi connectivity index (χ4n) is 2.77. The molecule has 1 aromatic rings. The number of carbonyl (C=O) groups excluding carboxylic acids is 2. The number of benzene rings is 1. The Bertz CT molecular complexity index is 618. The van der Waals surface area contributed by atoms with Crippen LogP contribution in [0.15, 0.2) is 18.2 Å². The fraction of sp³-hybridized carbons (Fsp3) is 0.556. The van der Waals surface area contributed by atoms with E-state index in [-0.39, 0.29) is 42.9 Å². The summed E-state index contributed by atoms with van der Waals surface area (Å²) >= 11 is 0. The van der Waals surface area contributed by atoms with Gasteiger partial charge in [0.05, 0.1) is 7.11 Å². The highest BCUT2D eigenvalue weighted by molar-refractivity contribution is 5.95. The monoisotopic (exact) mass is 385 g/mol. The number of ether oxygens (including phenoxy) is 2. The van der Waals surface area contributed by atoms with Gasteiger partial charge >= 0.3 is 0 Å². The maximum Gasteiger partial charge on any atom is 0.258 e. The van der Waals surface area contributed by atoms with Gasteiger partial charge in [0.1, 0.15) is 0 Å². The third-order valence-electron chi connectivity index (χ3n) is 4.12. The highest BCUT2D eigenvalue weighted by atomic mass is 35.5. The molecule has 1 aromatic carbocycles. The first kappa shape index (κ1) is 22.1. The number of carbonyl (C=O) groups is 2. The molecule has 1 saturated heterocycles. The first-order valence-corrected chi connectivity index (χ1v) is 8.50. The van der Waals surface area contributed by atoms with Gasteiger partial charge in [-0.1, -0.05) is 0 Å². The molecule has 0 radical (unpaired) electrons. The minimum atomic E-state index is -0.203. The van der Waals surface area contributed by atoms with E-state index in [2.05, 4.69) is 10.6 Å². The van der Waals surface area contributed by atoms with Gasteiger partial charge in [-0.05, 0) is 45.0 Å². The van der Waals surface area contributed by atoms with Gasteiger partial charge in [0.25, 0.3) is 11.8 Å². The van der Waals surface area contributed by atoms with Crippen molar-refractivity contribution in [1.29, 1.82) is 0 Å². The van der Waals surface area contributed by atoms with E-state index in [1.807, 2.05) is 20.9 Å². The van der Waals surface area contributed by atoms with E-state index >= 15 is 0 Å². The zero-order valence-corrected chi connectivity index (χ0v) is 16.5. The lowest BCUT2D eigenvalue weighted by atomic mass is 10.1. The molecule has 0 aromatic heterocycles. The van der Waals surface area contributed by atoms with Crippen molar-refractivity contribution in [2.24, 2.45) is 0 Å². The first-order valence-electron chi connectivity index (χ1n) is 8.50. The Morgan fingerprint density at radius 1 is 1.35 bits per heavy atom. The Morgan fingerprint density at radius 3 is 2.65 bits per heavy atom. The van der Waals surface area contributed by atoms with E-state index in [0.717, 1.165) is 19.5 Å². The number of amides is 2. The van der Waals surface area contributed by atoms with Gasteiger partial charge in [0.15, 0.2) is 18.1 Å². The second-order valence-corrected chi connectivity index (χ2v) is 6.44. The molecule has 0 bridgehead atoms. The van der Waals surface area contributed by atoms with E-state index in [0.29, 0.717) is 17.1 Å². The number of hydrogen-bond acceptors (Lipinski definition) is 5. The molecule has 1 aliphatic heterocycles. The van der Waals surface area contributed by atoms with Crippen LogP contribution >= 0.6 is 12.4 Å². The maximum atomic E-state index is 12.6. The highest BCUT2D eigenvalue weighted by Gasteiger charge is 2.24. The predicted molar refractivity (Wildman–Crippen MR) is 102 cm³/mol. The van der Waals surface area contributed by atoms with E-state index in [4.69, 9.17) is 9.47 Å². The molecule has 146 valence electrons. The summed E-state index contributed by atoms with van der Waals surface area (Å²) in [6, 6.07) is 5.26. The van der Waals surface area contributed by atoms with Crippen molar-refractivity contribution in [2.75, 3.05) is 33.9 Å². The number of likely N-dealkylation sites (N-methyl/N-ethyl adjacent to an activating group) is 1. The van der Waals surface area contributed by atoms with E-state index < -0.39 is 0 Å². The van der Waals surface area contributed by atoms with E-state index in [1.54, 1.807) is 23.1 Å². The Morgan fingerprint density at radius 2 is 2.08 bits per heavy atom. The maximum absolute atomic E-state index is 12.6. The van der Waals surface area contributed by atoms with Crippen molar-refractivity contribution in [1.82, 2.24) is 15.5 Å². The molecule has 1 fully saturated rings.